The molecule has 3 rings (SSSR count). The molecule has 0 spiro atoms. The summed E-state index contributed by atoms with van der Waals surface area (Å²) in [6.07, 6.45) is -12.0. The number of amides is 2. The molecule has 2 saturated heterocycles. The highest BCUT2D eigenvalue weighted by molar-refractivity contribution is 5.73. The van der Waals surface area contributed by atoms with Gasteiger partial charge in [-0.1, -0.05) is 0 Å². The van der Waals surface area contributed by atoms with Crippen LogP contribution in [0.3, 0.4) is 0 Å². The third-order valence-corrected chi connectivity index (χ3v) is 8.79. The molecule has 0 radical (unpaired) electrons. The van der Waals surface area contributed by atoms with Crippen molar-refractivity contribution in [3.8, 4) is 0 Å². The van der Waals surface area contributed by atoms with Gasteiger partial charge in [-0.05, 0) is 38.3 Å². The van der Waals surface area contributed by atoms with Crippen molar-refractivity contribution in [3.05, 3.63) is 0 Å². The second-order valence-corrected chi connectivity index (χ2v) is 12.3. The molecule has 45 heavy (non-hydrogen) atoms. The third-order valence-electron chi connectivity index (χ3n) is 8.79. The summed E-state index contributed by atoms with van der Waals surface area (Å²) in [6, 6.07) is -4.34. The number of hydrogen-bond donors (Lipinski definition) is 14. The van der Waals surface area contributed by atoms with E-state index >= 15 is 0 Å². The molecule has 3 aliphatic rings. The topological polar surface area (TPSA) is 344 Å². The highest BCUT2D eigenvalue weighted by Gasteiger charge is 2.48. The van der Waals surface area contributed by atoms with Crippen molar-refractivity contribution in [2.45, 2.75) is 111 Å². The average Bonchev–Trinajstić information content (AvgIpc) is 2.99. The minimum Gasteiger partial charge on any atom is -0.394 e. The van der Waals surface area contributed by atoms with E-state index in [1.807, 2.05) is 0 Å². The van der Waals surface area contributed by atoms with Gasteiger partial charge < -0.3 is 84.2 Å². The number of nitrogens with zero attached hydrogens (tertiary/aromatic N) is 1. The first-order valence-corrected chi connectivity index (χ1v) is 15.4. The second-order valence-electron chi connectivity index (χ2n) is 12.3. The first-order valence-electron chi connectivity index (χ1n) is 15.4. The van der Waals surface area contributed by atoms with Crippen molar-refractivity contribution in [2.24, 2.45) is 34.6 Å². The minimum absolute atomic E-state index is 0.00113. The van der Waals surface area contributed by atoms with Gasteiger partial charge in [-0.2, -0.15) is 0 Å². The molecule has 13 atom stereocenters. The zero-order valence-corrected chi connectivity index (χ0v) is 25.3. The van der Waals surface area contributed by atoms with Crippen molar-refractivity contribution in [1.29, 1.82) is 0 Å². The number of hydrogen-bond acceptors (Lipinski definition) is 17. The Balaban J connectivity index is 1.79. The largest absolute Gasteiger partial charge is 0.394 e. The van der Waals surface area contributed by atoms with Crippen molar-refractivity contribution >= 4 is 6.03 Å². The fraction of sp³-hybridized carbons (Fsp3) is 0.962. The van der Waals surface area contributed by atoms with Crippen LogP contribution in [0.1, 0.15) is 25.7 Å². The molecule has 19 N–H and O–H groups in total. The number of carbonyl (C=O) groups is 1. The maximum Gasteiger partial charge on any atom is 0.341 e. The Labute approximate surface area is 261 Å². The number of carbonyl (C=O) groups excluding carboxylic acids is 1. The lowest BCUT2D eigenvalue weighted by Gasteiger charge is -2.45. The maximum absolute atomic E-state index is 12.7. The van der Waals surface area contributed by atoms with E-state index in [1.54, 1.807) is 0 Å². The summed E-state index contributed by atoms with van der Waals surface area (Å²) in [5, 5.41) is 79.7. The molecule has 0 aromatic carbocycles. The van der Waals surface area contributed by atoms with Crippen LogP contribution in [0.5, 0.6) is 0 Å². The van der Waals surface area contributed by atoms with E-state index in [0.29, 0.717) is 17.5 Å². The van der Waals surface area contributed by atoms with E-state index in [0.717, 1.165) is 12.8 Å². The predicted molar refractivity (Wildman–Crippen MR) is 157 cm³/mol. The van der Waals surface area contributed by atoms with Crippen LogP contribution >= 0.6 is 0 Å². The first kappa shape index (κ1) is 38.1. The molecule has 2 aliphatic heterocycles. The quantitative estimate of drug-likeness (QED) is 0.0543. The van der Waals surface area contributed by atoms with Crippen LogP contribution < -0.4 is 39.3 Å². The Morgan fingerprint density at radius 3 is 2.20 bits per heavy atom. The van der Waals surface area contributed by atoms with Gasteiger partial charge in [0.1, 0.15) is 36.6 Å². The zero-order valence-electron chi connectivity index (χ0n) is 25.3. The minimum atomic E-state index is -1.62. The van der Waals surface area contributed by atoms with Gasteiger partial charge in [-0.15, -0.1) is 0 Å². The van der Waals surface area contributed by atoms with Gasteiger partial charge in [-0.25, -0.2) is 9.86 Å². The number of nitrogens with two attached hydrogens (primary N) is 5. The number of nitrogens with one attached hydrogen (secondary N) is 2. The molecule has 1 saturated carbocycles. The van der Waals surface area contributed by atoms with Gasteiger partial charge >= 0.3 is 6.03 Å². The van der Waals surface area contributed by atoms with Crippen molar-refractivity contribution < 1.29 is 54.9 Å². The summed E-state index contributed by atoms with van der Waals surface area (Å²) in [7, 11) is 0. The molecule has 3 fully saturated rings. The zero-order chi connectivity index (χ0) is 33.4. The molecule has 264 valence electrons. The van der Waals surface area contributed by atoms with E-state index in [2.05, 4.69) is 10.6 Å². The Morgan fingerprint density at radius 2 is 1.60 bits per heavy atom. The fourth-order valence-electron chi connectivity index (χ4n) is 5.99. The summed E-state index contributed by atoms with van der Waals surface area (Å²) < 4.78 is 17.6. The Hall–Kier alpha value is -1.37. The standard InChI is InChI=1S/C26H54N8O11/c27-2-1-13(33-26(41)34(42)4-3-28)24(45-25-23(40)19(31)20(37)17(10-35)44-25)14(36)7-15-18(30)22(39)21(38)16(43-15)9-32-8-11-5-12(29)6-11/h11-25,32,35-40,42H,1-10,27-31H2,(H,33,41)/t11?,12?,13-,14+,15-,16-,17-,18+,19+,20-,21-,22-,23-,24+,25-/m1/s1. The molecular weight excluding hydrogens is 600 g/mol. The van der Waals surface area contributed by atoms with Crippen LogP contribution in [-0.4, -0.2) is 172 Å². The molecule has 1 aliphatic carbocycles. The maximum atomic E-state index is 12.7. The molecule has 0 bridgehead atoms. The van der Waals surface area contributed by atoms with E-state index < -0.39 is 92.0 Å². The molecule has 2 amide bonds. The second kappa shape index (κ2) is 17.7. The number of rotatable bonds is 16. The van der Waals surface area contributed by atoms with Crippen LogP contribution in [0.4, 0.5) is 4.79 Å². The van der Waals surface area contributed by atoms with Gasteiger partial charge in [0.2, 0.25) is 0 Å². The van der Waals surface area contributed by atoms with E-state index in [-0.39, 0.29) is 45.1 Å². The number of ether oxygens (including phenoxy) is 3. The molecule has 0 aromatic rings. The summed E-state index contributed by atoms with van der Waals surface area (Å²) >= 11 is 0. The van der Waals surface area contributed by atoms with Crippen LogP contribution in [-0.2, 0) is 14.2 Å². The molecular formula is C26H54N8O11. The number of aliphatic hydroxyl groups excluding tert-OH is 6. The first-order chi connectivity index (χ1) is 21.3. The summed E-state index contributed by atoms with van der Waals surface area (Å²) in [6.45, 7) is -0.104. The molecule has 2 heterocycles. The summed E-state index contributed by atoms with van der Waals surface area (Å²) in [4.78, 5) is 12.7. The lowest BCUT2D eigenvalue weighted by Crippen LogP contribution is -2.66. The van der Waals surface area contributed by atoms with Crippen LogP contribution in [0.15, 0.2) is 0 Å². The highest BCUT2D eigenvalue weighted by atomic mass is 16.7. The molecule has 0 unspecified atom stereocenters. The number of urea groups is 1. The lowest BCUT2D eigenvalue weighted by atomic mass is 9.81. The van der Waals surface area contributed by atoms with Gasteiger partial charge in [0.05, 0.1) is 49.6 Å². The van der Waals surface area contributed by atoms with Gasteiger partial charge in [0.25, 0.3) is 0 Å². The number of hydroxylamine groups is 2. The van der Waals surface area contributed by atoms with Gasteiger partial charge in [0.15, 0.2) is 6.29 Å². The Kier molecular flexibility index (Phi) is 15.0. The Bertz CT molecular complexity index is 894. The van der Waals surface area contributed by atoms with Crippen molar-refractivity contribution in [3.63, 3.8) is 0 Å². The SMILES string of the molecule is NCC[C@@H](NC(=O)N(O)CCN)[C@H](O[C@H]1O[C@H](CO)[C@@H](O)[C@H](N)[C@H]1O)[C@@H](O)C[C@H]1O[C@H](CNCC2CC(N)C2)[C@@H](O)[C@H](O)[C@H]1N. The third kappa shape index (κ3) is 9.83. The predicted octanol–water partition coefficient (Wildman–Crippen LogP) is -6.89. The van der Waals surface area contributed by atoms with Gasteiger partial charge in [-0.3, -0.25) is 5.21 Å². The molecule has 19 nitrogen and oxygen atoms in total. The summed E-state index contributed by atoms with van der Waals surface area (Å²) in [5.74, 6) is 0.398. The lowest BCUT2D eigenvalue weighted by molar-refractivity contribution is -0.300. The summed E-state index contributed by atoms with van der Waals surface area (Å²) in [5.41, 5.74) is 29.2. The smallest absolute Gasteiger partial charge is 0.341 e. The van der Waals surface area contributed by atoms with Crippen LogP contribution in [0.25, 0.3) is 0 Å². The number of aliphatic hydroxyl groups is 6. The monoisotopic (exact) mass is 654 g/mol. The van der Waals surface area contributed by atoms with Crippen LogP contribution in [0.2, 0.25) is 0 Å². The highest BCUT2D eigenvalue weighted by Crippen LogP contribution is 2.29. The van der Waals surface area contributed by atoms with Crippen molar-refractivity contribution in [1.82, 2.24) is 15.7 Å². The van der Waals surface area contributed by atoms with E-state index in [4.69, 9.17) is 42.9 Å². The fourth-order valence-corrected chi connectivity index (χ4v) is 5.99. The van der Waals surface area contributed by atoms with Crippen molar-refractivity contribution in [2.75, 3.05) is 39.3 Å². The van der Waals surface area contributed by atoms with Gasteiger partial charge in [0, 0.05) is 25.6 Å². The van der Waals surface area contributed by atoms with Crippen LogP contribution in [0, 0.1) is 5.92 Å². The Morgan fingerprint density at radius 1 is 0.911 bits per heavy atom. The molecule has 0 aromatic heterocycles. The van der Waals surface area contributed by atoms with E-state index in [1.165, 1.54) is 0 Å². The van der Waals surface area contributed by atoms with E-state index in [9.17, 15) is 40.6 Å². The normalized spacial score (nSPS) is 39.0. The molecule has 19 heteroatoms. The average molecular weight is 655 g/mol.